The maximum Gasteiger partial charge on any atom is 0.323 e. The summed E-state index contributed by atoms with van der Waals surface area (Å²) in [5, 5.41) is 15.2. The topological polar surface area (TPSA) is 100 Å². The lowest BCUT2D eigenvalue weighted by Crippen LogP contribution is -2.47. The Labute approximate surface area is 185 Å². The zero-order valence-electron chi connectivity index (χ0n) is 17.9. The smallest absolute Gasteiger partial charge is 0.323 e. The number of aliphatic hydroxyl groups is 1. The van der Waals surface area contributed by atoms with Gasteiger partial charge in [0, 0.05) is 37.0 Å². The van der Waals surface area contributed by atoms with E-state index in [0.717, 1.165) is 5.56 Å². The Bertz CT molecular complexity index is 998. The van der Waals surface area contributed by atoms with Crippen LogP contribution in [0.5, 0.6) is 5.75 Å². The quantitative estimate of drug-likeness (QED) is 0.660. The van der Waals surface area contributed by atoms with E-state index >= 15 is 0 Å². The molecule has 2 aromatic carbocycles. The van der Waals surface area contributed by atoms with Gasteiger partial charge in [0.2, 0.25) is 5.91 Å². The van der Waals surface area contributed by atoms with Crippen LogP contribution < -0.4 is 15.4 Å². The predicted octanol–water partition coefficient (Wildman–Crippen LogP) is 2.94. The van der Waals surface area contributed by atoms with Crippen molar-refractivity contribution < 1.29 is 28.6 Å². The first-order chi connectivity index (χ1) is 15.3. The van der Waals surface area contributed by atoms with Crippen LogP contribution in [0.2, 0.25) is 0 Å². The molecule has 0 aliphatic carbocycles. The van der Waals surface area contributed by atoms with Gasteiger partial charge in [0.1, 0.15) is 23.8 Å². The second-order valence-electron chi connectivity index (χ2n) is 8.23. The van der Waals surface area contributed by atoms with E-state index in [2.05, 4.69) is 10.6 Å². The molecule has 4 rings (SSSR count). The monoisotopic (exact) mass is 443 g/mol. The first-order valence-electron chi connectivity index (χ1n) is 10.4. The zero-order valence-corrected chi connectivity index (χ0v) is 17.9. The summed E-state index contributed by atoms with van der Waals surface area (Å²) in [6.07, 6.45) is -0.446. The van der Waals surface area contributed by atoms with Gasteiger partial charge in [-0.1, -0.05) is 0 Å². The number of rotatable bonds is 5. The third kappa shape index (κ3) is 4.68. The van der Waals surface area contributed by atoms with E-state index < -0.39 is 12.1 Å². The summed E-state index contributed by atoms with van der Waals surface area (Å²) in [6.45, 7) is -0.215. The summed E-state index contributed by atoms with van der Waals surface area (Å²) >= 11 is 0. The van der Waals surface area contributed by atoms with Gasteiger partial charge in [-0.15, -0.1) is 0 Å². The van der Waals surface area contributed by atoms with Crippen LogP contribution in [0, 0.1) is 5.82 Å². The van der Waals surface area contributed by atoms with Gasteiger partial charge in [0.15, 0.2) is 0 Å². The third-order valence-electron chi connectivity index (χ3n) is 5.76. The lowest BCUT2D eigenvalue weighted by molar-refractivity contribution is -0.147. The van der Waals surface area contributed by atoms with Crippen LogP contribution >= 0.6 is 0 Å². The maximum absolute atomic E-state index is 13.0. The van der Waals surface area contributed by atoms with E-state index in [0.29, 0.717) is 23.5 Å². The van der Waals surface area contributed by atoms with Gasteiger partial charge in [-0.3, -0.25) is 4.79 Å². The summed E-state index contributed by atoms with van der Waals surface area (Å²) in [4.78, 5) is 26.0. The number of halogens is 1. The molecule has 0 saturated carbocycles. The maximum atomic E-state index is 13.0. The summed E-state index contributed by atoms with van der Waals surface area (Å²) in [6, 6.07) is 10.4. The molecule has 3 amide bonds. The molecule has 4 atom stereocenters. The fourth-order valence-corrected chi connectivity index (χ4v) is 4.17. The number of ether oxygens (including phenoxy) is 2. The Kier molecular flexibility index (Phi) is 6.29. The van der Waals surface area contributed by atoms with E-state index in [-0.39, 0.29) is 42.9 Å². The summed E-state index contributed by atoms with van der Waals surface area (Å²) in [7, 11) is 3.39. The second kappa shape index (κ2) is 9.13. The summed E-state index contributed by atoms with van der Waals surface area (Å²) < 4.78 is 25.0. The first-order valence-corrected chi connectivity index (χ1v) is 10.4. The van der Waals surface area contributed by atoms with Crippen LogP contribution in [-0.4, -0.2) is 61.0 Å². The lowest BCUT2D eigenvalue weighted by Gasteiger charge is -2.37. The number of fused-ring (bicyclic) bond motifs is 3. The molecule has 1 saturated heterocycles. The molecular formula is C23H26FN3O5. The predicted molar refractivity (Wildman–Crippen MR) is 116 cm³/mol. The van der Waals surface area contributed by atoms with Crippen molar-refractivity contribution in [2.45, 2.75) is 37.1 Å². The molecule has 2 heterocycles. The van der Waals surface area contributed by atoms with E-state index in [1.165, 1.54) is 29.2 Å². The molecule has 1 fully saturated rings. The number of hydrogen-bond donors (Lipinski definition) is 3. The van der Waals surface area contributed by atoms with Gasteiger partial charge in [0.25, 0.3) is 0 Å². The highest BCUT2D eigenvalue weighted by Crippen LogP contribution is 2.47. The molecule has 0 bridgehead atoms. The average Bonchev–Trinajstić information content (AvgIpc) is 3.12. The number of nitrogens with one attached hydrogen (secondary N) is 2. The molecule has 9 heteroatoms. The van der Waals surface area contributed by atoms with E-state index in [1.54, 1.807) is 26.2 Å². The molecule has 0 unspecified atom stereocenters. The first kappa shape index (κ1) is 22.0. The number of nitrogens with zero attached hydrogens (tertiary/aromatic N) is 1. The highest BCUT2D eigenvalue weighted by Gasteiger charge is 2.46. The molecule has 0 spiro atoms. The molecule has 2 aliphatic rings. The van der Waals surface area contributed by atoms with Gasteiger partial charge < -0.3 is 30.1 Å². The van der Waals surface area contributed by atoms with Gasteiger partial charge >= 0.3 is 6.03 Å². The van der Waals surface area contributed by atoms with E-state index in [9.17, 15) is 19.1 Å². The van der Waals surface area contributed by atoms with Crippen molar-refractivity contribution in [3.8, 4) is 5.75 Å². The SMILES string of the molecule is CN(C)C(=O)C[C@@H]1C[C@@H]2c3cc(NC(=O)Nc4ccc(F)cc4)ccc3O[C@@H]2[C@@H](CO)O1. The van der Waals surface area contributed by atoms with Gasteiger partial charge in [-0.25, -0.2) is 9.18 Å². The van der Waals surface area contributed by atoms with Crippen molar-refractivity contribution in [1.29, 1.82) is 0 Å². The van der Waals surface area contributed by atoms with Gasteiger partial charge in [-0.05, 0) is 48.9 Å². The van der Waals surface area contributed by atoms with Crippen LogP contribution in [0.4, 0.5) is 20.6 Å². The Morgan fingerprint density at radius 2 is 1.81 bits per heavy atom. The minimum Gasteiger partial charge on any atom is -0.487 e. The number of anilines is 2. The molecule has 3 N–H and O–H groups in total. The van der Waals surface area contributed by atoms with E-state index in [4.69, 9.17) is 9.47 Å². The van der Waals surface area contributed by atoms with E-state index in [1.807, 2.05) is 6.07 Å². The average molecular weight is 443 g/mol. The molecule has 0 radical (unpaired) electrons. The number of urea groups is 1. The number of carbonyl (C=O) groups excluding carboxylic acids is 2. The summed E-state index contributed by atoms with van der Waals surface area (Å²) in [5.41, 5.74) is 1.94. The molecule has 32 heavy (non-hydrogen) atoms. The molecule has 0 aromatic heterocycles. The molecular weight excluding hydrogens is 417 g/mol. The number of benzene rings is 2. The van der Waals surface area contributed by atoms with Gasteiger partial charge in [-0.2, -0.15) is 0 Å². The van der Waals surface area contributed by atoms with Crippen molar-refractivity contribution >= 4 is 23.3 Å². The van der Waals surface area contributed by atoms with Crippen LogP contribution in [0.15, 0.2) is 42.5 Å². The zero-order chi connectivity index (χ0) is 22.8. The molecule has 170 valence electrons. The normalized spacial score (nSPS) is 23.5. The minimum atomic E-state index is -0.542. The largest absolute Gasteiger partial charge is 0.487 e. The molecule has 8 nitrogen and oxygen atoms in total. The highest BCUT2D eigenvalue weighted by molar-refractivity contribution is 5.99. The third-order valence-corrected chi connectivity index (χ3v) is 5.76. The van der Waals surface area contributed by atoms with Crippen molar-refractivity contribution in [2.24, 2.45) is 0 Å². The Hall–Kier alpha value is -3.17. The van der Waals surface area contributed by atoms with Crippen LogP contribution in [-0.2, 0) is 9.53 Å². The van der Waals surface area contributed by atoms with Crippen LogP contribution in [0.1, 0.15) is 24.3 Å². The molecule has 2 aromatic rings. The highest BCUT2D eigenvalue weighted by atomic mass is 19.1. The number of aliphatic hydroxyl groups excluding tert-OH is 1. The number of amides is 3. The van der Waals surface area contributed by atoms with Crippen molar-refractivity contribution in [3.63, 3.8) is 0 Å². The Balaban J connectivity index is 1.48. The summed E-state index contributed by atoms with van der Waals surface area (Å²) in [5.74, 6) is 0.174. The molecule has 2 aliphatic heterocycles. The number of carbonyl (C=O) groups is 2. The Morgan fingerprint density at radius 1 is 1.12 bits per heavy atom. The fourth-order valence-electron chi connectivity index (χ4n) is 4.17. The minimum absolute atomic E-state index is 0.0443. The Morgan fingerprint density at radius 3 is 2.50 bits per heavy atom. The van der Waals surface area contributed by atoms with Gasteiger partial charge in [0.05, 0.1) is 19.1 Å². The fraction of sp³-hybridized carbons (Fsp3) is 0.391. The number of hydrogen-bond acceptors (Lipinski definition) is 5. The van der Waals surface area contributed by atoms with Crippen LogP contribution in [0.25, 0.3) is 0 Å². The second-order valence-corrected chi connectivity index (χ2v) is 8.23. The lowest BCUT2D eigenvalue weighted by atomic mass is 9.84. The van der Waals surface area contributed by atoms with Crippen molar-refractivity contribution in [1.82, 2.24) is 4.90 Å². The standard InChI is InChI=1S/C23H26FN3O5/c1-27(2)21(29)11-16-10-18-17-9-15(7-8-19(17)32-22(18)20(12-28)31-16)26-23(30)25-14-5-3-13(24)4-6-14/h3-9,16,18,20,22,28H,10-12H2,1-2H3,(H2,25,26,30)/t16-,18+,20+,22-/m0/s1. The van der Waals surface area contributed by atoms with Crippen molar-refractivity contribution in [2.75, 3.05) is 31.3 Å². The van der Waals surface area contributed by atoms with Crippen LogP contribution in [0.3, 0.4) is 0 Å². The van der Waals surface area contributed by atoms with Crippen molar-refractivity contribution in [3.05, 3.63) is 53.8 Å².